The Morgan fingerprint density at radius 1 is 1.12 bits per heavy atom. The van der Waals surface area contributed by atoms with E-state index in [2.05, 4.69) is 6.58 Å². The standard InChI is InChI=1S/C26H42O8/c1-16-6-8-19-18(24(2,3)32)10-11-26(19,5)21(28)12-17(7-9-20(16)27)15-34-23(31)14-25(4,33)13-22(29)30/h12,18-21,27-28,32-33H,1,6-11,13-15H2,2-5H3,(H,29,30)/b17-12+/t18-,19+,20+,21+,25?,26+/m0/s1. The molecule has 2 rings (SSSR count). The smallest absolute Gasteiger partial charge is 0.309 e. The fourth-order valence-corrected chi connectivity index (χ4v) is 5.63. The minimum Gasteiger partial charge on any atom is -0.481 e. The van der Waals surface area contributed by atoms with Gasteiger partial charge in [-0.3, -0.25) is 9.59 Å². The number of ether oxygens (including phenoxy) is 1. The number of aliphatic carboxylic acids is 1. The summed E-state index contributed by atoms with van der Waals surface area (Å²) < 4.78 is 5.31. The largest absolute Gasteiger partial charge is 0.481 e. The van der Waals surface area contributed by atoms with Crippen molar-refractivity contribution in [3.8, 4) is 0 Å². The first-order valence-corrected chi connectivity index (χ1v) is 12.1. The highest BCUT2D eigenvalue weighted by atomic mass is 16.5. The van der Waals surface area contributed by atoms with Gasteiger partial charge in [0, 0.05) is 5.41 Å². The van der Waals surface area contributed by atoms with E-state index in [0.29, 0.717) is 36.8 Å². The van der Waals surface area contributed by atoms with Crippen molar-refractivity contribution >= 4 is 11.9 Å². The van der Waals surface area contributed by atoms with Gasteiger partial charge in [0.05, 0.1) is 36.3 Å². The summed E-state index contributed by atoms with van der Waals surface area (Å²) in [4.78, 5) is 23.1. The normalized spacial score (nSPS) is 34.2. The van der Waals surface area contributed by atoms with Gasteiger partial charge in [0.25, 0.3) is 0 Å². The fourth-order valence-electron chi connectivity index (χ4n) is 5.63. The SMILES string of the molecule is C=C1CC[C@@H]2[C@@H](C(C)(C)O)CC[C@@]2(C)[C@H](O)/C=C(/COC(=O)CC(C)(O)CC(=O)O)CC[C@H]1O. The van der Waals surface area contributed by atoms with Crippen molar-refractivity contribution in [3.05, 3.63) is 23.8 Å². The van der Waals surface area contributed by atoms with E-state index < -0.39 is 53.6 Å². The minimum atomic E-state index is -1.73. The molecule has 2 aliphatic carbocycles. The van der Waals surface area contributed by atoms with Gasteiger partial charge in [-0.1, -0.05) is 19.6 Å². The Kier molecular flexibility index (Phi) is 9.13. The summed E-state index contributed by atoms with van der Waals surface area (Å²) in [5.74, 6) is -1.96. The van der Waals surface area contributed by atoms with Crippen LogP contribution in [0.1, 0.15) is 79.1 Å². The molecule has 8 nitrogen and oxygen atoms in total. The fraction of sp³-hybridized carbons (Fsp3) is 0.769. The Balaban J connectivity index is 2.23. The number of aliphatic hydroxyl groups is 4. The van der Waals surface area contributed by atoms with Crippen LogP contribution >= 0.6 is 0 Å². The second kappa shape index (κ2) is 10.9. The molecule has 8 heteroatoms. The van der Waals surface area contributed by atoms with Crippen LogP contribution in [0.2, 0.25) is 0 Å². The van der Waals surface area contributed by atoms with Crippen molar-refractivity contribution in [2.24, 2.45) is 17.3 Å². The van der Waals surface area contributed by atoms with E-state index in [-0.39, 0.29) is 18.4 Å². The zero-order valence-electron chi connectivity index (χ0n) is 20.9. The lowest BCUT2D eigenvalue weighted by Gasteiger charge is -2.41. The number of aliphatic hydroxyl groups excluding tert-OH is 2. The molecule has 1 unspecified atom stereocenters. The number of carboxylic acids is 1. The van der Waals surface area contributed by atoms with Crippen molar-refractivity contribution in [1.82, 2.24) is 0 Å². The third kappa shape index (κ3) is 7.38. The number of esters is 1. The summed E-state index contributed by atoms with van der Waals surface area (Å²) in [6.45, 7) is 10.8. The molecule has 1 fully saturated rings. The summed E-state index contributed by atoms with van der Waals surface area (Å²) in [7, 11) is 0. The average molecular weight is 483 g/mol. The van der Waals surface area contributed by atoms with Crippen molar-refractivity contribution in [3.63, 3.8) is 0 Å². The molecule has 0 amide bonds. The molecule has 5 N–H and O–H groups in total. The van der Waals surface area contributed by atoms with Crippen LogP contribution in [0.15, 0.2) is 23.8 Å². The second-order valence-electron chi connectivity index (χ2n) is 11.3. The molecule has 0 aromatic carbocycles. The van der Waals surface area contributed by atoms with E-state index in [1.165, 1.54) is 6.92 Å². The van der Waals surface area contributed by atoms with E-state index in [9.17, 15) is 30.0 Å². The lowest BCUT2D eigenvalue weighted by molar-refractivity contribution is -0.151. The van der Waals surface area contributed by atoms with Gasteiger partial charge in [0.1, 0.15) is 6.61 Å². The van der Waals surface area contributed by atoms with Gasteiger partial charge in [-0.05, 0) is 82.3 Å². The average Bonchev–Trinajstić information content (AvgIpc) is 3.03. The number of carbonyl (C=O) groups is 2. The van der Waals surface area contributed by atoms with Gasteiger partial charge in [0.2, 0.25) is 0 Å². The monoisotopic (exact) mass is 482 g/mol. The molecule has 6 atom stereocenters. The lowest BCUT2D eigenvalue weighted by atomic mass is 9.67. The number of hydrogen-bond donors (Lipinski definition) is 5. The first-order chi connectivity index (χ1) is 15.5. The van der Waals surface area contributed by atoms with Crippen LogP contribution in [0, 0.1) is 17.3 Å². The van der Waals surface area contributed by atoms with E-state index >= 15 is 0 Å². The van der Waals surface area contributed by atoms with Crippen LogP contribution in [0.25, 0.3) is 0 Å². The lowest BCUT2D eigenvalue weighted by Crippen LogP contribution is -2.42. The molecule has 1 saturated carbocycles. The molecule has 0 aliphatic heterocycles. The Morgan fingerprint density at radius 2 is 1.76 bits per heavy atom. The van der Waals surface area contributed by atoms with Crippen molar-refractivity contribution < 1.29 is 39.9 Å². The van der Waals surface area contributed by atoms with Gasteiger partial charge in [-0.15, -0.1) is 0 Å². The van der Waals surface area contributed by atoms with Gasteiger partial charge in [0.15, 0.2) is 0 Å². The van der Waals surface area contributed by atoms with Gasteiger partial charge in [-0.2, -0.15) is 0 Å². The predicted octanol–water partition coefficient (Wildman–Crippen LogP) is 2.73. The van der Waals surface area contributed by atoms with Crippen LogP contribution in [0.4, 0.5) is 0 Å². The molecule has 0 radical (unpaired) electrons. The Morgan fingerprint density at radius 3 is 2.35 bits per heavy atom. The van der Waals surface area contributed by atoms with E-state index in [1.54, 1.807) is 19.9 Å². The molecule has 0 bridgehead atoms. The van der Waals surface area contributed by atoms with E-state index in [4.69, 9.17) is 9.84 Å². The number of rotatable bonds is 7. The summed E-state index contributed by atoms with van der Waals surface area (Å²) in [5, 5.41) is 51.6. The van der Waals surface area contributed by atoms with E-state index in [0.717, 1.165) is 12.8 Å². The Labute approximate surface area is 202 Å². The number of carboxylic acid groups (broad SMARTS) is 1. The molecule has 0 heterocycles. The topological polar surface area (TPSA) is 145 Å². The molecular formula is C26H42O8. The maximum Gasteiger partial charge on any atom is 0.309 e. The van der Waals surface area contributed by atoms with Gasteiger partial charge in [-0.25, -0.2) is 0 Å². The van der Waals surface area contributed by atoms with E-state index in [1.807, 2.05) is 6.92 Å². The molecular weight excluding hydrogens is 440 g/mol. The summed E-state index contributed by atoms with van der Waals surface area (Å²) in [6, 6.07) is 0. The highest BCUT2D eigenvalue weighted by Crippen LogP contribution is 2.55. The molecule has 2 aliphatic rings. The maximum absolute atomic E-state index is 12.3. The number of carbonyl (C=O) groups excluding carboxylic acids is 1. The first kappa shape index (κ1) is 28.5. The zero-order valence-corrected chi connectivity index (χ0v) is 20.9. The van der Waals surface area contributed by atoms with Crippen LogP contribution < -0.4 is 0 Å². The highest BCUT2D eigenvalue weighted by molar-refractivity contribution is 5.73. The molecule has 194 valence electrons. The summed E-state index contributed by atoms with van der Waals surface area (Å²) in [5.41, 5.74) is -1.78. The van der Waals surface area contributed by atoms with Crippen LogP contribution in [0.5, 0.6) is 0 Å². The van der Waals surface area contributed by atoms with Crippen LogP contribution in [-0.2, 0) is 14.3 Å². The quantitative estimate of drug-likeness (QED) is 0.275. The predicted molar refractivity (Wildman–Crippen MR) is 127 cm³/mol. The van der Waals surface area contributed by atoms with Gasteiger partial charge >= 0.3 is 11.9 Å². The van der Waals surface area contributed by atoms with Crippen molar-refractivity contribution in [2.75, 3.05) is 6.61 Å². The summed E-state index contributed by atoms with van der Waals surface area (Å²) >= 11 is 0. The molecule has 0 aromatic heterocycles. The third-order valence-corrected chi connectivity index (χ3v) is 7.77. The molecule has 0 saturated heterocycles. The minimum absolute atomic E-state index is 0.00992. The Bertz CT molecular complexity index is 793. The van der Waals surface area contributed by atoms with Crippen LogP contribution in [0.3, 0.4) is 0 Å². The van der Waals surface area contributed by atoms with Crippen molar-refractivity contribution in [2.45, 2.75) is 102 Å². The number of fused-ring (bicyclic) bond motifs is 1. The van der Waals surface area contributed by atoms with Gasteiger partial charge < -0.3 is 30.3 Å². The zero-order chi connectivity index (χ0) is 25.9. The first-order valence-electron chi connectivity index (χ1n) is 12.1. The molecule has 34 heavy (non-hydrogen) atoms. The third-order valence-electron chi connectivity index (χ3n) is 7.77. The number of hydrogen-bond acceptors (Lipinski definition) is 7. The second-order valence-corrected chi connectivity index (χ2v) is 11.3. The summed E-state index contributed by atoms with van der Waals surface area (Å²) in [6.07, 6.45) is 2.62. The molecule has 0 spiro atoms. The van der Waals surface area contributed by atoms with Crippen molar-refractivity contribution in [1.29, 1.82) is 0 Å². The Hall–Kier alpha value is -1.74. The molecule has 0 aromatic rings. The maximum atomic E-state index is 12.3. The van der Waals surface area contributed by atoms with Crippen LogP contribution in [-0.4, -0.2) is 67.5 Å². The highest BCUT2D eigenvalue weighted by Gasteiger charge is 2.52.